The average molecular weight is 488 g/mol. The molecule has 10 heteroatoms. The summed E-state index contributed by atoms with van der Waals surface area (Å²) in [5.74, 6) is -0.577. The molecular formula is C23H25N3O5S2. The van der Waals surface area contributed by atoms with Gasteiger partial charge in [0, 0.05) is 19.3 Å². The van der Waals surface area contributed by atoms with Gasteiger partial charge in [0.05, 0.1) is 15.8 Å². The van der Waals surface area contributed by atoms with Crippen LogP contribution in [-0.4, -0.2) is 40.1 Å². The molecule has 0 aliphatic carbocycles. The number of hydrogen-bond donors (Lipinski definition) is 2. The lowest BCUT2D eigenvalue weighted by Crippen LogP contribution is -2.41. The van der Waals surface area contributed by atoms with Gasteiger partial charge in [0.15, 0.2) is 0 Å². The Hall–Kier alpha value is -3.05. The van der Waals surface area contributed by atoms with E-state index in [0.717, 1.165) is 5.56 Å². The lowest BCUT2D eigenvalue weighted by molar-refractivity contribution is -0.117. The van der Waals surface area contributed by atoms with Gasteiger partial charge in [0.1, 0.15) is 0 Å². The van der Waals surface area contributed by atoms with Crippen LogP contribution in [0.4, 0.5) is 5.69 Å². The Morgan fingerprint density at radius 2 is 1.36 bits per heavy atom. The molecule has 0 bridgehead atoms. The van der Waals surface area contributed by atoms with Crippen molar-refractivity contribution in [2.75, 3.05) is 12.4 Å². The summed E-state index contributed by atoms with van der Waals surface area (Å²) in [6.45, 7) is 1.65. The molecule has 1 unspecified atom stereocenters. The van der Waals surface area contributed by atoms with Gasteiger partial charge in [-0.15, -0.1) is 0 Å². The molecule has 0 saturated carbocycles. The lowest BCUT2D eigenvalue weighted by Gasteiger charge is -2.18. The molecule has 2 N–H and O–H groups in total. The highest BCUT2D eigenvalue weighted by Crippen LogP contribution is 2.19. The molecule has 0 saturated heterocycles. The molecule has 0 fully saturated rings. The molecule has 3 rings (SSSR count). The third-order valence-electron chi connectivity index (χ3n) is 4.86. The minimum absolute atomic E-state index is 0.0545. The van der Waals surface area contributed by atoms with Crippen molar-refractivity contribution in [2.24, 2.45) is 0 Å². The number of hydrogen-bond acceptors (Lipinski definition) is 5. The zero-order chi connectivity index (χ0) is 24.1. The third-order valence-corrected chi connectivity index (χ3v) is 8.23. The smallest absolute Gasteiger partial charge is 0.243 e. The van der Waals surface area contributed by atoms with Crippen molar-refractivity contribution < 1.29 is 21.6 Å². The highest BCUT2D eigenvalue weighted by atomic mass is 32.2. The van der Waals surface area contributed by atoms with E-state index in [0.29, 0.717) is 5.69 Å². The van der Waals surface area contributed by atoms with E-state index >= 15 is 0 Å². The fourth-order valence-corrected chi connectivity index (χ4v) is 5.40. The van der Waals surface area contributed by atoms with Crippen molar-refractivity contribution in [3.63, 3.8) is 0 Å². The second-order valence-corrected chi connectivity index (χ2v) is 11.2. The van der Waals surface area contributed by atoms with Crippen molar-refractivity contribution in [2.45, 2.75) is 29.3 Å². The van der Waals surface area contributed by atoms with Crippen LogP contribution < -0.4 is 10.0 Å². The van der Waals surface area contributed by atoms with Gasteiger partial charge in [0.25, 0.3) is 0 Å². The van der Waals surface area contributed by atoms with Gasteiger partial charge in [-0.05, 0) is 48.9 Å². The first-order chi connectivity index (χ1) is 15.6. The molecule has 0 heterocycles. The molecule has 0 aliphatic heterocycles. The summed E-state index contributed by atoms with van der Waals surface area (Å²) >= 11 is 0. The number of amides is 1. The maximum Gasteiger partial charge on any atom is 0.243 e. The fourth-order valence-electron chi connectivity index (χ4n) is 3.02. The molecule has 33 heavy (non-hydrogen) atoms. The molecule has 0 spiro atoms. The number of sulfonamides is 2. The van der Waals surface area contributed by atoms with Gasteiger partial charge in [0.2, 0.25) is 26.0 Å². The maximum atomic E-state index is 12.8. The molecule has 0 radical (unpaired) electrons. The third kappa shape index (κ3) is 6.26. The van der Waals surface area contributed by atoms with Crippen LogP contribution in [0.15, 0.2) is 94.7 Å². The number of carbonyl (C=O) groups is 1. The van der Waals surface area contributed by atoms with Crippen molar-refractivity contribution in [3.8, 4) is 0 Å². The van der Waals surface area contributed by atoms with E-state index in [1.807, 2.05) is 30.3 Å². The zero-order valence-electron chi connectivity index (χ0n) is 18.2. The minimum atomic E-state index is -3.85. The zero-order valence-corrected chi connectivity index (χ0v) is 19.8. The van der Waals surface area contributed by atoms with Crippen LogP contribution in [0.1, 0.15) is 12.5 Å². The molecule has 174 valence electrons. The Labute approximate surface area is 194 Å². The first kappa shape index (κ1) is 24.6. The van der Waals surface area contributed by atoms with E-state index < -0.39 is 32.0 Å². The summed E-state index contributed by atoms with van der Waals surface area (Å²) in [6.07, 6.45) is 0. The van der Waals surface area contributed by atoms with E-state index in [9.17, 15) is 21.6 Å². The number of rotatable bonds is 9. The van der Waals surface area contributed by atoms with Gasteiger partial charge in [-0.3, -0.25) is 4.79 Å². The Bertz CT molecular complexity index is 1300. The predicted octanol–water partition coefficient (Wildman–Crippen LogP) is 2.81. The van der Waals surface area contributed by atoms with Gasteiger partial charge in [-0.1, -0.05) is 48.5 Å². The number of anilines is 1. The van der Waals surface area contributed by atoms with Gasteiger partial charge >= 0.3 is 0 Å². The summed E-state index contributed by atoms with van der Waals surface area (Å²) in [5, 5.41) is 2.59. The van der Waals surface area contributed by atoms with Crippen LogP contribution in [0, 0.1) is 0 Å². The van der Waals surface area contributed by atoms with Gasteiger partial charge in [-0.25, -0.2) is 16.8 Å². The molecule has 8 nitrogen and oxygen atoms in total. The fraction of sp³-hybridized carbons (Fsp3) is 0.174. The van der Waals surface area contributed by atoms with E-state index in [4.69, 9.17) is 0 Å². The molecule has 0 aliphatic rings. The first-order valence-corrected chi connectivity index (χ1v) is 13.0. The van der Waals surface area contributed by atoms with Crippen LogP contribution in [0.2, 0.25) is 0 Å². The topological polar surface area (TPSA) is 113 Å². The number of carbonyl (C=O) groups excluding carboxylic acids is 1. The normalized spacial score (nSPS) is 12.9. The summed E-state index contributed by atoms with van der Waals surface area (Å²) in [4.78, 5) is 12.6. The summed E-state index contributed by atoms with van der Waals surface area (Å²) in [5.41, 5.74) is 1.20. The Balaban J connectivity index is 1.64. The van der Waals surface area contributed by atoms with E-state index in [-0.39, 0.29) is 16.3 Å². The molecule has 3 aromatic rings. The minimum Gasteiger partial charge on any atom is -0.325 e. The number of benzene rings is 3. The van der Waals surface area contributed by atoms with E-state index in [2.05, 4.69) is 10.0 Å². The highest BCUT2D eigenvalue weighted by molar-refractivity contribution is 7.89. The van der Waals surface area contributed by atoms with Crippen LogP contribution in [0.3, 0.4) is 0 Å². The van der Waals surface area contributed by atoms with Crippen molar-refractivity contribution in [1.29, 1.82) is 0 Å². The largest absolute Gasteiger partial charge is 0.325 e. The van der Waals surface area contributed by atoms with Gasteiger partial charge < -0.3 is 5.32 Å². The van der Waals surface area contributed by atoms with E-state index in [1.54, 1.807) is 18.2 Å². The molecule has 1 amide bonds. The Morgan fingerprint density at radius 1 is 0.818 bits per heavy atom. The number of nitrogens with one attached hydrogen (secondary N) is 2. The van der Waals surface area contributed by atoms with Crippen LogP contribution in [-0.2, 0) is 31.4 Å². The Kier molecular flexibility index (Phi) is 7.65. The SMILES string of the molecule is CC(NS(=O)(=O)c1ccccc1)C(=O)Nc1ccc(S(=O)(=O)N(C)Cc2ccccc2)cc1. The molecule has 3 aromatic carbocycles. The van der Waals surface area contributed by atoms with E-state index in [1.165, 1.54) is 54.7 Å². The van der Waals surface area contributed by atoms with Crippen LogP contribution in [0.25, 0.3) is 0 Å². The number of nitrogens with zero attached hydrogens (tertiary/aromatic N) is 1. The lowest BCUT2D eigenvalue weighted by atomic mass is 10.2. The second-order valence-electron chi connectivity index (χ2n) is 7.42. The van der Waals surface area contributed by atoms with Gasteiger partial charge in [-0.2, -0.15) is 9.03 Å². The first-order valence-electron chi connectivity index (χ1n) is 10.1. The summed E-state index contributed by atoms with van der Waals surface area (Å²) < 4.78 is 54.0. The summed E-state index contributed by atoms with van der Waals surface area (Å²) in [7, 11) is -6.08. The van der Waals surface area contributed by atoms with Crippen molar-refractivity contribution in [1.82, 2.24) is 9.03 Å². The Morgan fingerprint density at radius 3 is 1.94 bits per heavy atom. The molecular weight excluding hydrogens is 462 g/mol. The maximum absolute atomic E-state index is 12.8. The highest BCUT2D eigenvalue weighted by Gasteiger charge is 2.23. The molecule has 0 aromatic heterocycles. The predicted molar refractivity (Wildman–Crippen MR) is 126 cm³/mol. The molecule has 1 atom stereocenters. The van der Waals surface area contributed by atoms with Crippen molar-refractivity contribution >= 4 is 31.6 Å². The summed E-state index contributed by atoms with van der Waals surface area (Å²) in [6, 6.07) is 21.6. The quantitative estimate of drug-likeness (QED) is 0.482. The van der Waals surface area contributed by atoms with Crippen molar-refractivity contribution in [3.05, 3.63) is 90.5 Å². The van der Waals surface area contributed by atoms with Crippen LogP contribution >= 0.6 is 0 Å². The average Bonchev–Trinajstić information content (AvgIpc) is 2.80. The standard InChI is InChI=1S/C23H25N3O5S2/c1-18(25-32(28,29)21-11-7-4-8-12-21)23(27)24-20-13-15-22(16-14-20)33(30,31)26(2)17-19-9-5-3-6-10-19/h3-16,18,25H,17H2,1-2H3,(H,24,27). The van der Waals surface area contributed by atoms with Crippen LogP contribution in [0.5, 0.6) is 0 Å². The monoisotopic (exact) mass is 487 g/mol. The second kappa shape index (κ2) is 10.3.